The smallest absolute Gasteiger partial charge is 0.272 e. The Labute approximate surface area is 116 Å². The summed E-state index contributed by atoms with van der Waals surface area (Å²) in [7, 11) is 0. The number of halogens is 2. The van der Waals surface area contributed by atoms with E-state index in [1.54, 1.807) is 18.2 Å². The van der Waals surface area contributed by atoms with Gasteiger partial charge in [-0.2, -0.15) is 0 Å². The molecule has 0 spiro atoms. The van der Waals surface area contributed by atoms with Crippen LogP contribution in [0, 0.1) is 0 Å². The van der Waals surface area contributed by atoms with Crippen molar-refractivity contribution in [2.75, 3.05) is 12.3 Å². The molecule has 0 amide bonds. The maximum Gasteiger partial charge on any atom is 0.272 e. The van der Waals surface area contributed by atoms with Crippen molar-refractivity contribution in [1.29, 1.82) is 0 Å². The van der Waals surface area contributed by atoms with Crippen LogP contribution >= 0.6 is 27.5 Å². The fourth-order valence-corrected chi connectivity index (χ4v) is 2.03. The van der Waals surface area contributed by atoms with Gasteiger partial charge in [-0.05, 0) is 34.1 Å². The standard InChI is InChI=1S/C10H8BrClN4O2/c11-7-3-6(12)1-2-8(7)18-4-9(17)16-5-14-15-10(16)13/h1-3,5H,4H2,(H2,13,15). The molecule has 0 radical (unpaired) electrons. The van der Waals surface area contributed by atoms with Crippen LogP contribution in [0.2, 0.25) is 5.02 Å². The van der Waals surface area contributed by atoms with E-state index in [0.29, 0.717) is 15.2 Å². The van der Waals surface area contributed by atoms with E-state index in [0.717, 1.165) is 4.57 Å². The number of hydrogen-bond donors (Lipinski definition) is 1. The monoisotopic (exact) mass is 330 g/mol. The number of nitrogens with zero attached hydrogens (tertiary/aromatic N) is 3. The largest absolute Gasteiger partial charge is 0.483 e. The molecule has 2 rings (SSSR count). The molecule has 0 saturated heterocycles. The summed E-state index contributed by atoms with van der Waals surface area (Å²) < 4.78 is 7.13. The predicted octanol–water partition coefficient (Wildman–Crippen LogP) is 2.00. The molecular weight excluding hydrogens is 323 g/mol. The van der Waals surface area contributed by atoms with Gasteiger partial charge in [0.05, 0.1) is 4.47 Å². The number of rotatable bonds is 3. The van der Waals surface area contributed by atoms with Gasteiger partial charge in [0.1, 0.15) is 12.1 Å². The zero-order valence-corrected chi connectivity index (χ0v) is 11.3. The first-order chi connectivity index (χ1) is 8.58. The summed E-state index contributed by atoms with van der Waals surface area (Å²) in [6.07, 6.45) is 1.23. The van der Waals surface area contributed by atoms with E-state index >= 15 is 0 Å². The Morgan fingerprint density at radius 1 is 1.56 bits per heavy atom. The van der Waals surface area contributed by atoms with Crippen LogP contribution in [0.25, 0.3) is 0 Å². The average molecular weight is 332 g/mol. The molecular formula is C10H8BrClN4O2. The van der Waals surface area contributed by atoms with Crippen molar-refractivity contribution < 1.29 is 9.53 Å². The molecule has 0 atom stereocenters. The normalized spacial score (nSPS) is 10.3. The van der Waals surface area contributed by atoms with Gasteiger partial charge in [-0.25, -0.2) is 4.57 Å². The number of nitrogens with two attached hydrogens (primary N) is 1. The Morgan fingerprint density at radius 2 is 2.33 bits per heavy atom. The molecule has 1 aromatic heterocycles. The number of benzene rings is 1. The van der Waals surface area contributed by atoms with Crippen LogP contribution in [0.1, 0.15) is 4.79 Å². The van der Waals surface area contributed by atoms with Gasteiger partial charge in [-0.15, -0.1) is 10.2 Å². The van der Waals surface area contributed by atoms with E-state index in [9.17, 15) is 4.79 Å². The van der Waals surface area contributed by atoms with E-state index in [1.807, 2.05) is 0 Å². The molecule has 2 aromatic rings. The van der Waals surface area contributed by atoms with Crippen LogP contribution in [0.5, 0.6) is 5.75 Å². The third-order valence-corrected chi connectivity index (χ3v) is 2.94. The highest BCUT2D eigenvalue weighted by Crippen LogP contribution is 2.27. The Bertz CT molecular complexity index is 587. The lowest BCUT2D eigenvalue weighted by Crippen LogP contribution is -2.20. The van der Waals surface area contributed by atoms with Crippen molar-refractivity contribution in [1.82, 2.24) is 14.8 Å². The fraction of sp³-hybridized carbons (Fsp3) is 0.100. The summed E-state index contributed by atoms with van der Waals surface area (Å²) in [4.78, 5) is 11.7. The molecule has 0 fully saturated rings. The molecule has 0 aliphatic heterocycles. The summed E-state index contributed by atoms with van der Waals surface area (Å²) >= 11 is 9.08. The first kappa shape index (κ1) is 12.8. The quantitative estimate of drug-likeness (QED) is 0.930. The van der Waals surface area contributed by atoms with Gasteiger partial charge in [-0.3, -0.25) is 4.79 Å². The lowest BCUT2D eigenvalue weighted by atomic mass is 10.3. The number of carbonyl (C=O) groups is 1. The van der Waals surface area contributed by atoms with Gasteiger partial charge >= 0.3 is 0 Å². The summed E-state index contributed by atoms with van der Waals surface area (Å²) in [5.41, 5.74) is 5.45. The van der Waals surface area contributed by atoms with Gasteiger partial charge in [-0.1, -0.05) is 11.6 Å². The molecule has 6 nitrogen and oxygen atoms in total. The maximum absolute atomic E-state index is 11.7. The first-order valence-corrected chi connectivity index (χ1v) is 6.01. The van der Waals surface area contributed by atoms with Crippen LogP contribution in [0.15, 0.2) is 29.0 Å². The van der Waals surface area contributed by atoms with Crippen molar-refractivity contribution in [2.45, 2.75) is 0 Å². The van der Waals surface area contributed by atoms with E-state index in [1.165, 1.54) is 6.33 Å². The van der Waals surface area contributed by atoms with Gasteiger partial charge in [0.25, 0.3) is 5.91 Å². The summed E-state index contributed by atoms with van der Waals surface area (Å²) in [5, 5.41) is 7.59. The zero-order valence-electron chi connectivity index (χ0n) is 9.01. The number of carbonyl (C=O) groups excluding carboxylic acids is 1. The van der Waals surface area contributed by atoms with Crippen molar-refractivity contribution in [3.63, 3.8) is 0 Å². The van der Waals surface area contributed by atoms with Crippen LogP contribution in [-0.4, -0.2) is 27.3 Å². The molecule has 0 aliphatic rings. The second-order valence-electron chi connectivity index (χ2n) is 3.32. The summed E-state index contributed by atoms with van der Waals surface area (Å²) in [6, 6.07) is 5.00. The number of aromatic nitrogens is 3. The summed E-state index contributed by atoms with van der Waals surface area (Å²) in [6.45, 7) is -0.178. The van der Waals surface area contributed by atoms with Crippen LogP contribution in [0.3, 0.4) is 0 Å². The zero-order chi connectivity index (χ0) is 13.1. The van der Waals surface area contributed by atoms with Crippen LogP contribution in [-0.2, 0) is 0 Å². The molecule has 94 valence electrons. The highest BCUT2D eigenvalue weighted by atomic mass is 79.9. The fourth-order valence-electron chi connectivity index (χ4n) is 1.24. The second kappa shape index (κ2) is 5.36. The third kappa shape index (κ3) is 2.80. The molecule has 8 heteroatoms. The molecule has 18 heavy (non-hydrogen) atoms. The van der Waals surface area contributed by atoms with Crippen LogP contribution < -0.4 is 10.5 Å². The SMILES string of the molecule is Nc1nncn1C(=O)COc1ccc(Cl)cc1Br. The minimum absolute atomic E-state index is 0.0266. The molecule has 0 bridgehead atoms. The molecule has 2 N–H and O–H groups in total. The molecule has 0 saturated carbocycles. The lowest BCUT2D eigenvalue weighted by molar-refractivity contribution is 0.0839. The minimum atomic E-state index is -0.362. The third-order valence-electron chi connectivity index (χ3n) is 2.09. The van der Waals surface area contributed by atoms with Gasteiger partial charge in [0.15, 0.2) is 6.61 Å². The minimum Gasteiger partial charge on any atom is -0.483 e. The predicted molar refractivity (Wildman–Crippen MR) is 69.7 cm³/mol. The second-order valence-corrected chi connectivity index (χ2v) is 4.61. The molecule has 1 heterocycles. The van der Waals surface area contributed by atoms with Crippen LogP contribution in [0.4, 0.5) is 5.95 Å². The van der Waals surface area contributed by atoms with Gasteiger partial charge < -0.3 is 10.5 Å². The van der Waals surface area contributed by atoms with Gasteiger partial charge in [0.2, 0.25) is 5.95 Å². The van der Waals surface area contributed by atoms with Crippen molar-refractivity contribution in [3.05, 3.63) is 34.0 Å². The molecule has 1 aromatic carbocycles. The number of hydrogen-bond acceptors (Lipinski definition) is 5. The first-order valence-electron chi connectivity index (χ1n) is 4.84. The van der Waals surface area contributed by atoms with E-state index in [4.69, 9.17) is 22.1 Å². The topological polar surface area (TPSA) is 83.0 Å². The summed E-state index contributed by atoms with van der Waals surface area (Å²) in [5.74, 6) is 0.178. The Hall–Kier alpha value is -1.60. The lowest BCUT2D eigenvalue weighted by Gasteiger charge is -2.08. The molecule has 0 unspecified atom stereocenters. The van der Waals surface area contributed by atoms with E-state index < -0.39 is 0 Å². The van der Waals surface area contributed by atoms with Gasteiger partial charge in [0, 0.05) is 5.02 Å². The Morgan fingerprint density at radius 3 is 2.94 bits per heavy atom. The van der Waals surface area contributed by atoms with Crippen molar-refractivity contribution >= 4 is 39.4 Å². The number of anilines is 1. The van der Waals surface area contributed by atoms with Crippen molar-refractivity contribution in [3.8, 4) is 5.75 Å². The van der Waals surface area contributed by atoms with E-state index in [-0.39, 0.29) is 18.5 Å². The average Bonchev–Trinajstić information content (AvgIpc) is 2.74. The Balaban J connectivity index is 2.04. The maximum atomic E-state index is 11.7. The van der Waals surface area contributed by atoms with E-state index in [2.05, 4.69) is 26.1 Å². The number of nitrogen functional groups attached to an aromatic ring is 1. The number of ether oxygens (including phenoxy) is 1. The van der Waals surface area contributed by atoms with Crippen molar-refractivity contribution in [2.24, 2.45) is 0 Å². The highest BCUT2D eigenvalue weighted by Gasteiger charge is 2.11. The highest BCUT2D eigenvalue weighted by molar-refractivity contribution is 9.10. The molecule has 0 aliphatic carbocycles. The Kier molecular flexibility index (Phi) is 3.83.